The predicted molar refractivity (Wildman–Crippen MR) is 113 cm³/mol. The zero-order chi connectivity index (χ0) is 23.0. The Labute approximate surface area is 174 Å². The van der Waals surface area contributed by atoms with E-state index in [-0.39, 0.29) is 29.5 Å². The van der Waals surface area contributed by atoms with Gasteiger partial charge in [0.15, 0.2) is 5.41 Å². The molecule has 0 saturated carbocycles. The highest BCUT2D eigenvalue weighted by Crippen LogP contribution is 2.50. The van der Waals surface area contributed by atoms with Gasteiger partial charge in [0.1, 0.15) is 0 Å². The highest BCUT2D eigenvalue weighted by atomic mass is 28.3. The summed E-state index contributed by atoms with van der Waals surface area (Å²) in [6.45, 7) is 13.6. The summed E-state index contributed by atoms with van der Waals surface area (Å²) in [6.07, 6.45) is -2.40. The second-order valence-electron chi connectivity index (χ2n) is 8.11. The first-order valence-electron chi connectivity index (χ1n) is 9.76. The smallest absolute Gasteiger partial charge is 0.324 e. The Bertz CT molecular complexity index is 681. The van der Waals surface area contributed by atoms with Gasteiger partial charge in [-0.1, -0.05) is 47.3 Å². The van der Waals surface area contributed by atoms with E-state index in [0.717, 1.165) is 14.2 Å². The third-order valence-corrected chi connectivity index (χ3v) is 12.9. The van der Waals surface area contributed by atoms with Gasteiger partial charge in [0.2, 0.25) is 0 Å². The zero-order valence-corrected chi connectivity index (χ0v) is 20.0. The molecule has 0 N–H and O–H groups in total. The average Bonchev–Trinajstić information content (AvgIpc) is 2.62. The monoisotopic (exact) mass is 428 g/mol. The van der Waals surface area contributed by atoms with Gasteiger partial charge in [-0.3, -0.25) is 9.59 Å². The third-order valence-electron chi connectivity index (χ3n) is 5.83. The summed E-state index contributed by atoms with van der Waals surface area (Å²) in [6, 6.07) is 0. The second-order valence-corrected chi connectivity index (χ2v) is 14.0. The van der Waals surface area contributed by atoms with Crippen molar-refractivity contribution in [2.45, 2.75) is 77.9 Å². The van der Waals surface area contributed by atoms with Gasteiger partial charge in [-0.25, -0.2) is 0 Å². The summed E-state index contributed by atoms with van der Waals surface area (Å²) in [5, 5.41) is 0.339. The van der Waals surface area contributed by atoms with Gasteiger partial charge in [0.05, 0.1) is 22.3 Å². The molecule has 0 amide bonds. The van der Waals surface area contributed by atoms with Crippen LogP contribution in [0.3, 0.4) is 0 Å². The van der Waals surface area contributed by atoms with Gasteiger partial charge < -0.3 is 9.47 Å². The lowest BCUT2D eigenvalue weighted by atomic mass is 9.81. The molecule has 0 atom stereocenters. The number of ether oxygens (including phenoxy) is 2. The number of halogens is 2. The first-order chi connectivity index (χ1) is 13.4. The fraction of sp³-hybridized carbons (Fsp3) is 0.682. The second kappa shape index (κ2) is 11.3. The molecule has 164 valence electrons. The SMILES string of the molecule is CC#CCC(CC(=C=C(F)F)[Si](C(C)C)(C(C)C)C(C)C)(C(=O)OC)C(=O)OC. The van der Waals surface area contributed by atoms with E-state index in [2.05, 4.69) is 17.6 Å². The van der Waals surface area contributed by atoms with Crippen LogP contribution in [0.4, 0.5) is 8.78 Å². The number of rotatable bonds is 9. The molecule has 7 heteroatoms. The minimum atomic E-state index is -2.65. The van der Waals surface area contributed by atoms with Crippen molar-refractivity contribution in [3.05, 3.63) is 17.0 Å². The summed E-state index contributed by atoms with van der Waals surface area (Å²) in [5.41, 5.74) is 0.669. The van der Waals surface area contributed by atoms with Crippen molar-refractivity contribution < 1.29 is 27.8 Å². The molecule has 29 heavy (non-hydrogen) atoms. The number of hydrogen-bond acceptors (Lipinski definition) is 4. The zero-order valence-electron chi connectivity index (χ0n) is 19.0. The van der Waals surface area contributed by atoms with Crippen LogP contribution in [-0.4, -0.2) is 34.2 Å². The van der Waals surface area contributed by atoms with E-state index < -0.39 is 31.5 Å². The molecule has 0 aromatic carbocycles. The maximum atomic E-state index is 13.5. The highest BCUT2D eigenvalue weighted by molar-refractivity contribution is 6.89. The lowest BCUT2D eigenvalue weighted by Gasteiger charge is -2.45. The molecular formula is C22H34F2O4Si. The van der Waals surface area contributed by atoms with E-state index in [1.807, 2.05) is 41.5 Å². The minimum absolute atomic E-state index is 0.0783. The number of esters is 2. The first kappa shape index (κ1) is 27.1. The molecule has 0 saturated heterocycles. The molecule has 0 bridgehead atoms. The van der Waals surface area contributed by atoms with Gasteiger partial charge in [-0.2, -0.15) is 8.78 Å². The maximum absolute atomic E-state index is 13.5. The molecule has 4 nitrogen and oxygen atoms in total. The van der Waals surface area contributed by atoms with E-state index in [0.29, 0.717) is 5.20 Å². The topological polar surface area (TPSA) is 52.6 Å². The van der Waals surface area contributed by atoms with E-state index in [1.165, 1.54) is 0 Å². The summed E-state index contributed by atoms with van der Waals surface area (Å²) >= 11 is 0. The number of hydrogen-bond donors (Lipinski definition) is 0. The first-order valence-corrected chi connectivity index (χ1v) is 12.0. The Morgan fingerprint density at radius 2 is 1.34 bits per heavy atom. The Morgan fingerprint density at radius 1 is 0.931 bits per heavy atom. The molecule has 0 aliphatic heterocycles. The Kier molecular flexibility index (Phi) is 10.6. The van der Waals surface area contributed by atoms with Crippen molar-refractivity contribution in [2.24, 2.45) is 5.41 Å². The fourth-order valence-electron chi connectivity index (χ4n) is 4.83. The van der Waals surface area contributed by atoms with Crippen molar-refractivity contribution in [2.75, 3.05) is 14.2 Å². The lowest BCUT2D eigenvalue weighted by Crippen LogP contribution is -2.50. The molecule has 0 unspecified atom stereocenters. The quantitative estimate of drug-likeness (QED) is 0.157. The summed E-state index contributed by atoms with van der Waals surface area (Å²) < 4.78 is 36.9. The molecule has 0 rings (SSSR count). The van der Waals surface area contributed by atoms with E-state index >= 15 is 0 Å². The molecule has 0 fully saturated rings. The third kappa shape index (κ3) is 5.58. The maximum Gasteiger partial charge on any atom is 0.324 e. The van der Waals surface area contributed by atoms with E-state index in [1.54, 1.807) is 6.92 Å². The predicted octanol–water partition coefficient (Wildman–Crippen LogP) is 5.65. The Balaban J connectivity index is 7.15. The van der Waals surface area contributed by atoms with Crippen LogP contribution >= 0.6 is 0 Å². The van der Waals surface area contributed by atoms with Crippen LogP contribution in [0.1, 0.15) is 61.3 Å². The lowest BCUT2D eigenvalue weighted by molar-refractivity contribution is -0.168. The van der Waals surface area contributed by atoms with E-state index in [9.17, 15) is 18.4 Å². The fourth-order valence-corrected chi connectivity index (χ4v) is 11.8. The standard InChI is InChI=1S/C22H34F2O4Si/c1-10-11-12-22(20(25)27-8,21(26)28-9)14-18(13-19(23)24)29(15(2)3,16(4)5)17(6)7/h15-17H,12,14H2,1-9H3. The van der Waals surface area contributed by atoms with Gasteiger partial charge in [0, 0.05) is 12.8 Å². The molecule has 0 radical (unpaired) electrons. The van der Waals surface area contributed by atoms with E-state index in [4.69, 9.17) is 9.47 Å². The van der Waals surface area contributed by atoms with Gasteiger partial charge >= 0.3 is 18.0 Å². The van der Waals surface area contributed by atoms with Crippen LogP contribution < -0.4 is 0 Å². The highest BCUT2D eigenvalue weighted by Gasteiger charge is 2.54. The van der Waals surface area contributed by atoms with Crippen LogP contribution in [0, 0.1) is 17.3 Å². The molecule has 0 aliphatic carbocycles. The van der Waals surface area contributed by atoms with Crippen molar-refractivity contribution in [1.82, 2.24) is 0 Å². The summed E-state index contributed by atoms with van der Waals surface area (Å²) in [5.74, 6) is 3.73. The Morgan fingerprint density at radius 3 is 1.62 bits per heavy atom. The van der Waals surface area contributed by atoms with Gasteiger partial charge in [0.25, 0.3) is 0 Å². The van der Waals surface area contributed by atoms with Crippen LogP contribution in [-0.2, 0) is 19.1 Å². The van der Waals surface area contributed by atoms with Crippen LogP contribution in [0.5, 0.6) is 0 Å². The number of carbonyl (C=O) groups excluding carboxylic acids is 2. The van der Waals surface area contributed by atoms with Gasteiger partial charge in [-0.05, 0) is 28.7 Å². The molecule has 0 aromatic heterocycles. The summed E-state index contributed by atoms with van der Waals surface area (Å²) in [7, 11) is -0.327. The van der Waals surface area contributed by atoms with Crippen molar-refractivity contribution in [1.29, 1.82) is 0 Å². The Hall–Kier alpha value is -1.90. The normalized spacial score (nSPS) is 11.7. The number of allylic oxidation sites excluding steroid dienone is 1. The van der Waals surface area contributed by atoms with Crippen molar-refractivity contribution in [3.8, 4) is 11.8 Å². The van der Waals surface area contributed by atoms with Crippen LogP contribution in [0.2, 0.25) is 16.6 Å². The number of methoxy groups -OCH3 is 2. The van der Waals surface area contributed by atoms with Crippen LogP contribution in [0.25, 0.3) is 0 Å². The van der Waals surface area contributed by atoms with Crippen molar-refractivity contribution in [3.63, 3.8) is 0 Å². The molecular weight excluding hydrogens is 394 g/mol. The molecule has 0 aliphatic rings. The number of carbonyl (C=O) groups is 2. The van der Waals surface area contributed by atoms with Crippen LogP contribution in [0.15, 0.2) is 17.0 Å². The molecule has 0 aromatic rings. The molecule has 0 spiro atoms. The summed E-state index contributed by atoms with van der Waals surface area (Å²) in [4.78, 5) is 25.6. The average molecular weight is 429 g/mol. The largest absolute Gasteiger partial charge is 0.468 e. The van der Waals surface area contributed by atoms with Crippen molar-refractivity contribution >= 4 is 20.0 Å². The van der Waals surface area contributed by atoms with Gasteiger partial charge in [-0.15, -0.1) is 11.8 Å². The molecule has 0 heterocycles. The minimum Gasteiger partial charge on any atom is -0.468 e.